The largest absolute Gasteiger partial charge is 0.480 e. The molecule has 3 atom stereocenters. The van der Waals surface area contributed by atoms with Crippen molar-refractivity contribution in [3.8, 4) is 0 Å². The maximum Gasteiger partial charge on any atom is 0.322 e. The Morgan fingerprint density at radius 1 is 1.20 bits per heavy atom. The van der Waals surface area contributed by atoms with E-state index in [1.165, 1.54) is 10.4 Å². The lowest BCUT2D eigenvalue weighted by atomic mass is 9.85. The Labute approximate surface area is 146 Å². The van der Waals surface area contributed by atoms with Gasteiger partial charge >= 0.3 is 5.97 Å². The summed E-state index contributed by atoms with van der Waals surface area (Å²) >= 11 is 0. The Hall–Kier alpha value is -1.99. The summed E-state index contributed by atoms with van der Waals surface area (Å²) in [5.41, 5.74) is 0.716. The molecule has 1 N–H and O–H groups in total. The second kappa shape index (κ2) is 6.07. The molecule has 7 heteroatoms. The smallest absolute Gasteiger partial charge is 0.322 e. The van der Waals surface area contributed by atoms with E-state index in [0.717, 1.165) is 31.1 Å². The number of rotatable bonds is 3. The molecule has 2 aromatic rings. The summed E-state index contributed by atoms with van der Waals surface area (Å²) in [5.74, 6) is -0.910. The van der Waals surface area contributed by atoms with Gasteiger partial charge in [0, 0.05) is 17.6 Å². The summed E-state index contributed by atoms with van der Waals surface area (Å²) in [6.07, 6.45) is 5.70. The molecule has 6 nitrogen and oxygen atoms in total. The Bertz CT molecular complexity index is 928. The molecule has 0 radical (unpaired) electrons. The second-order valence-corrected chi connectivity index (χ2v) is 8.74. The van der Waals surface area contributed by atoms with E-state index in [1.54, 1.807) is 24.4 Å². The lowest BCUT2D eigenvalue weighted by Gasteiger charge is -2.32. The molecule has 1 aromatic carbocycles. The first-order chi connectivity index (χ1) is 12.0. The van der Waals surface area contributed by atoms with Crippen molar-refractivity contribution in [3.05, 3.63) is 36.5 Å². The van der Waals surface area contributed by atoms with Crippen LogP contribution in [0.15, 0.2) is 41.4 Å². The van der Waals surface area contributed by atoms with Gasteiger partial charge in [0.1, 0.15) is 6.04 Å². The molecule has 0 bridgehead atoms. The second-order valence-electron chi connectivity index (χ2n) is 6.89. The van der Waals surface area contributed by atoms with Crippen molar-refractivity contribution in [1.82, 2.24) is 9.29 Å². The molecule has 0 amide bonds. The summed E-state index contributed by atoms with van der Waals surface area (Å²) in [6.45, 7) is 0. The molecule has 1 aliphatic carbocycles. The molecule has 4 rings (SSSR count). The van der Waals surface area contributed by atoms with Crippen molar-refractivity contribution < 1.29 is 18.3 Å². The van der Waals surface area contributed by atoms with Gasteiger partial charge in [0.25, 0.3) is 0 Å². The Morgan fingerprint density at radius 2 is 2.00 bits per heavy atom. The quantitative estimate of drug-likeness (QED) is 0.909. The molecule has 3 unspecified atom stereocenters. The number of hydrogen-bond acceptors (Lipinski definition) is 4. The van der Waals surface area contributed by atoms with E-state index >= 15 is 0 Å². The van der Waals surface area contributed by atoms with Gasteiger partial charge in [-0.2, -0.15) is 4.31 Å². The molecule has 1 saturated carbocycles. The molecule has 2 fully saturated rings. The number of hydrogen-bond donors (Lipinski definition) is 1. The average molecular weight is 360 g/mol. The number of pyridine rings is 1. The predicted molar refractivity (Wildman–Crippen MR) is 92.6 cm³/mol. The van der Waals surface area contributed by atoms with Crippen LogP contribution >= 0.6 is 0 Å². The van der Waals surface area contributed by atoms with E-state index in [1.807, 2.05) is 6.07 Å². The van der Waals surface area contributed by atoms with E-state index < -0.39 is 22.0 Å². The average Bonchev–Trinajstić information content (AvgIpc) is 3.02. The van der Waals surface area contributed by atoms with Crippen molar-refractivity contribution in [2.75, 3.05) is 0 Å². The molecule has 25 heavy (non-hydrogen) atoms. The number of carboxylic acid groups (broad SMARTS) is 1. The van der Waals surface area contributed by atoms with Crippen LogP contribution < -0.4 is 0 Å². The van der Waals surface area contributed by atoms with E-state index in [-0.39, 0.29) is 16.9 Å². The molecule has 0 spiro atoms. The van der Waals surface area contributed by atoms with Crippen molar-refractivity contribution in [1.29, 1.82) is 0 Å². The maximum absolute atomic E-state index is 13.3. The van der Waals surface area contributed by atoms with E-state index in [4.69, 9.17) is 0 Å². The van der Waals surface area contributed by atoms with Gasteiger partial charge in [-0.1, -0.05) is 18.9 Å². The van der Waals surface area contributed by atoms with Crippen LogP contribution in [0.2, 0.25) is 0 Å². The van der Waals surface area contributed by atoms with Gasteiger partial charge in [-0.05, 0) is 49.4 Å². The summed E-state index contributed by atoms with van der Waals surface area (Å²) in [7, 11) is -3.87. The van der Waals surface area contributed by atoms with Crippen molar-refractivity contribution in [3.63, 3.8) is 0 Å². The van der Waals surface area contributed by atoms with Gasteiger partial charge in [-0.15, -0.1) is 0 Å². The zero-order valence-corrected chi connectivity index (χ0v) is 14.5. The Balaban J connectivity index is 1.79. The van der Waals surface area contributed by atoms with Gasteiger partial charge in [-0.3, -0.25) is 9.78 Å². The van der Waals surface area contributed by atoms with Crippen LogP contribution in [-0.4, -0.2) is 40.9 Å². The lowest BCUT2D eigenvalue weighted by Crippen LogP contribution is -2.46. The zero-order valence-electron chi connectivity index (χ0n) is 13.7. The number of aliphatic carboxylic acids is 1. The number of fused-ring (bicyclic) bond motifs is 2. The van der Waals surface area contributed by atoms with Gasteiger partial charge in [-0.25, -0.2) is 8.42 Å². The third-order valence-corrected chi connectivity index (χ3v) is 7.39. The number of nitrogens with zero attached hydrogens (tertiary/aromatic N) is 2. The molecule has 1 aromatic heterocycles. The molecule has 1 aliphatic heterocycles. The van der Waals surface area contributed by atoms with E-state index in [9.17, 15) is 18.3 Å². The number of aromatic nitrogens is 1. The summed E-state index contributed by atoms with van der Waals surface area (Å²) in [4.78, 5) is 16.1. The fraction of sp³-hybridized carbons (Fsp3) is 0.444. The highest BCUT2D eigenvalue weighted by atomic mass is 32.2. The topological polar surface area (TPSA) is 87.6 Å². The SMILES string of the molecule is O=C(O)C1CC2CCCCC2N1S(=O)(=O)c1ccc2ncccc2c1. The zero-order chi connectivity index (χ0) is 17.6. The fourth-order valence-corrected chi connectivity index (χ4v) is 6.22. The lowest BCUT2D eigenvalue weighted by molar-refractivity contribution is -0.141. The van der Waals surface area contributed by atoms with Gasteiger partial charge < -0.3 is 5.11 Å². The van der Waals surface area contributed by atoms with Crippen LogP contribution in [-0.2, 0) is 14.8 Å². The van der Waals surface area contributed by atoms with Crippen LogP contribution in [0.1, 0.15) is 32.1 Å². The van der Waals surface area contributed by atoms with Crippen LogP contribution in [0.4, 0.5) is 0 Å². The van der Waals surface area contributed by atoms with Crippen molar-refractivity contribution >= 4 is 26.9 Å². The molecule has 2 heterocycles. The molecule has 1 saturated heterocycles. The Morgan fingerprint density at radius 3 is 2.80 bits per heavy atom. The highest BCUT2D eigenvalue weighted by Crippen LogP contribution is 2.42. The summed E-state index contributed by atoms with van der Waals surface area (Å²) in [5, 5.41) is 10.3. The minimum atomic E-state index is -3.87. The normalized spacial score (nSPS) is 27.3. The Kier molecular flexibility index (Phi) is 4.00. The number of carboxylic acids is 1. The van der Waals surface area contributed by atoms with Crippen molar-refractivity contribution in [2.45, 2.75) is 49.1 Å². The standard InChI is InChI=1S/C18H20N2O4S/c21-18(22)17-11-13-4-1-2-6-16(13)20(17)25(23,24)14-7-8-15-12(10-14)5-3-9-19-15/h3,5,7-10,13,16-17H,1-2,4,6,11H2,(H,21,22). The fourth-order valence-electron chi connectivity index (χ4n) is 4.31. The molecular formula is C18H20N2O4S. The third-order valence-electron chi connectivity index (χ3n) is 5.46. The third kappa shape index (κ3) is 2.71. The predicted octanol–water partition coefficient (Wildman–Crippen LogP) is 2.64. The highest BCUT2D eigenvalue weighted by Gasteiger charge is 2.51. The van der Waals surface area contributed by atoms with Crippen LogP contribution in [0.3, 0.4) is 0 Å². The van der Waals surface area contributed by atoms with Crippen LogP contribution in [0, 0.1) is 5.92 Å². The summed E-state index contributed by atoms with van der Waals surface area (Å²) < 4.78 is 27.9. The number of benzene rings is 1. The highest BCUT2D eigenvalue weighted by molar-refractivity contribution is 7.89. The molecular weight excluding hydrogens is 340 g/mol. The summed E-state index contributed by atoms with van der Waals surface area (Å²) in [6, 6.07) is 7.18. The van der Waals surface area contributed by atoms with Crippen LogP contribution in [0.5, 0.6) is 0 Å². The molecule has 2 aliphatic rings. The molecule has 132 valence electrons. The maximum atomic E-state index is 13.3. The first kappa shape index (κ1) is 16.5. The minimum absolute atomic E-state index is 0.144. The van der Waals surface area contributed by atoms with Gasteiger partial charge in [0.2, 0.25) is 10.0 Å². The first-order valence-electron chi connectivity index (χ1n) is 8.59. The minimum Gasteiger partial charge on any atom is -0.480 e. The van der Waals surface area contributed by atoms with Gasteiger partial charge in [0.15, 0.2) is 0 Å². The first-order valence-corrected chi connectivity index (χ1v) is 10.0. The van der Waals surface area contributed by atoms with Crippen molar-refractivity contribution in [2.24, 2.45) is 5.92 Å². The van der Waals surface area contributed by atoms with Gasteiger partial charge in [0.05, 0.1) is 10.4 Å². The number of carbonyl (C=O) groups is 1. The monoisotopic (exact) mass is 360 g/mol. The number of sulfonamides is 1. The van der Waals surface area contributed by atoms with E-state index in [0.29, 0.717) is 11.9 Å². The van der Waals surface area contributed by atoms with E-state index in [2.05, 4.69) is 4.98 Å². The van der Waals surface area contributed by atoms with Crippen LogP contribution in [0.25, 0.3) is 10.9 Å².